The molecule has 2 nitrogen and oxygen atoms in total. The van der Waals surface area contributed by atoms with Gasteiger partial charge in [0, 0.05) is 18.4 Å². The maximum Gasteiger partial charge on any atom is 0.135 e. The fourth-order valence-corrected chi connectivity index (χ4v) is 1.32. The van der Waals surface area contributed by atoms with Gasteiger partial charge in [-0.1, -0.05) is 20.8 Å². The summed E-state index contributed by atoms with van der Waals surface area (Å²) in [7, 11) is 0. The Morgan fingerprint density at radius 2 is 1.92 bits per heavy atom. The van der Waals surface area contributed by atoms with E-state index in [9.17, 15) is 4.79 Å². The normalized spacial score (nSPS) is 15.4. The average molecular weight is 185 g/mol. The molecular formula is C11H23NO. The van der Waals surface area contributed by atoms with E-state index < -0.39 is 0 Å². The van der Waals surface area contributed by atoms with Gasteiger partial charge < -0.3 is 5.73 Å². The first-order valence-corrected chi connectivity index (χ1v) is 5.40. The van der Waals surface area contributed by atoms with Crippen LogP contribution in [0.25, 0.3) is 0 Å². The fourth-order valence-electron chi connectivity index (χ4n) is 1.32. The molecule has 0 aliphatic heterocycles. The van der Waals surface area contributed by atoms with Crippen molar-refractivity contribution in [3.05, 3.63) is 0 Å². The van der Waals surface area contributed by atoms with Gasteiger partial charge in [-0.05, 0) is 25.7 Å². The van der Waals surface area contributed by atoms with E-state index in [-0.39, 0.29) is 12.0 Å². The molecule has 0 bridgehead atoms. The third-order valence-electron chi connectivity index (χ3n) is 2.54. The summed E-state index contributed by atoms with van der Waals surface area (Å²) >= 11 is 0. The lowest BCUT2D eigenvalue weighted by atomic mass is 9.95. The minimum atomic E-state index is 0.206. The highest BCUT2D eigenvalue weighted by Crippen LogP contribution is 2.12. The number of ketones is 1. The predicted molar refractivity (Wildman–Crippen MR) is 56.6 cm³/mol. The molecule has 0 rings (SSSR count). The first kappa shape index (κ1) is 12.6. The minimum Gasteiger partial charge on any atom is -0.328 e. The number of carbonyl (C=O) groups is 1. The monoisotopic (exact) mass is 185 g/mol. The molecule has 0 aliphatic carbocycles. The van der Waals surface area contributed by atoms with E-state index in [1.165, 1.54) is 0 Å². The van der Waals surface area contributed by atoms with Crippen LogP contribution in [-0.2, 0) is 4.79 Å². The van der Waals surface area contributed by atoms with Crippen LogP contribution in [0.2, 0.25) is 0 Å². The molecule has 0 spiro atoms. The zero-order chi connectivity index (χ0) is 10.3. The summed E-state index contributed by atoms with van der Waals surface area (Å²) in [5, 5.41) is 0. The molecule has 0 unspecified atom stereocenters. The molecule has 0 aliphatic rings. The van der Waals surface area contributed by atoms with Gasteiger partial charge in [-0.25, -0.2) is 0 Å². The van der Waals surface area contributed by atoms with Gasteiger partial charge in [0.25, 0.3) is 0 Å². The number of nitrogens with two attached hydrogens (primary N) is 1. The van der Waals surface area contributed by atoms with Crippen LogP contribution in [0.5, 0.6) is 0 Å². The van der Waals surface area contributed by atoms with Crippen molar-refractivity contribution >= 4 is 5.78 Å². The lowest BCUT2D eigenvalue weighted by molar-refractivity contribution is -0.122. The molecule has 0 saturated heterocycles. The molecular weight excluding hydrogens is 162 g/mol. The first-order chi connectivity index (χ1) is 6.11. The van der Waals surface area contributed by atoms with E-state index in [0.717, 1.165) is 32.1 Å². The van der Waals surface area contributed by atoms with Crippen molar-refractivity contribution in [1.29, 1.82) is 0 Å². The Bertz CT molecular complexity index is 145. The van der Waals surface area contributed by atoms with Gasteiger partial charge in [-0.2, -0.15) is 0 Å². The van der Waals surface area contributed by atoms with Crippen molar-refractivity contribution in [2.75, 3.05) is 0 Å². The molecule has 0 heterocycles. The Labute approximate surface area is 81.9 Å². The van der Waals surface area contributed by atoms with E-state index in [0.29, 0.717) is 5.78 Å². The summed E-state index contributed by atoms with van der Waals surface area (Å²) in [4.78, 5) is 11.4. The lowest BCUT2D eigenvalue weighted by Crippen LogP contribution is -2.21. The number of carbonyl (C=O) groups excluding carboxylic acids is 1. The van der Waals surface area contributed by atoms with Crippen molar-refractivity contribution < 1.29 is 4.79 Å². The molecule has 13 heavy (non-hydrogen) atoms. The van der Waals surface area contributed by atoms with E-state index in [2.05, 4.69) is 6.92 Å². The lowest BCUT2D eigenvalue weighted by Gasteiger charge is -2.12. The summed E-state index contributed by atoms with van der Waals surface area (Å²) in [5.74, 6) is 0.600. The Kier molecular flexibility index (Phi) is 6.87. The van der Waals surface area contributed by atoms with Crippen molar-refractivity contribution in [3.8, 4) is 0 Å². The molecule has 0 amide bonds. The van der Waals surface area contributed by atoms with Gasteiger partial charge in [0.2, 0.25) is 0 Å². The van der Waals surface area contributed by atoms with Gasteiger partial charge in [-0.15, -0.1) is 0 Å². The largest absolute Gasteiger partial charge is 0.328 e. The Hall–Kier alpha value is -0.370. The highest BCUT2D eigenvalue weighted by Gasteiger charge is 2.12. The van der Waals surface area contributed by atoms with Gasteiger partial charge in [0.05, 0.1) is 0 Å². The van der Waals surface area contributed by atoms with Crippen LogP contribution in [0.15, 0.2) is 0 Å². The maximum atomic E-state index is 11.4. The van der Waals surface area contributed by atoms with E-state index in [1.807, 2.05) is 13.8 Å². The molecule has 0 saturated carbocycles. The van der Waals surface area contributed by atoms with Gasteiger partial charge in [0.1, 0.15) is 5.78 Å². The molecule has 2 N–H and O–H groups in total. The second-order valence-corrected chi connectivity index (χ2v) is 3.86. The van der Waals surface area contributed by atoms with Crippen molar-refractivity contribution in [1.82, 2.24) is 0 Å². The number of hydrogen-bond donors (Lipinski definition) is 1. The number of rotatable bonds is 7. The highest BCUT2D eigenvalue weighted by atomic mass is 16.1. The third kappa shape index (κ3) is 5.81. The summed E-state index contributed by atoms with van der Waals surface area (Å²) in [6.45, 7) is 6.14. The smallest absolute Gasteiger partial charge is 0.135 e. The Morgan fingerprint density at radius 1 is 1.31 bits per heavy atom. The van der Waals surface area contributed by atoms with Crippen LogP contribution in [0.4, 0.5) is 0 Å². The minimum absolute atomic E-state index is 0.206. The summed E-state index contributed by atoms with van der Waals surface area (Å²) in [6, 6.07) is 0.275. The van der Waals surface area contributed by atoms with Crippen molar-refractivity contribution in [2.45, 2.75) is 58.9 Å². The van der Waals surface area contributed by atoms with E-state index >= 15 is 0 Å². The van der Waals surface area contributed by atoms with Crippen LogP contribution in [0, 0.1) is 5.92 Å². The zero-order valence-corrected chi connectivity index (χ0v) is 9.18. The standard InChI is InChI=1S/C11H23NO/c1-4-6-11(13)9(3)7-8-10(12)5-2/h9-10H,4-8,12H2,1-3H3/t9-,10+/m1/s1. The van der Waals surface area contributed by atoms with Gasteiger partial charge in [0.15, 0.2) is 0 Å². The quantitative estimate of drug-likeness (QED) is 0.662. The van der Waals surface area contributed by atoms with Crippen LogP contribution in [0.1, 0.15) is 52.9 Å². The summed E-state index contributed by atoms with van der Waals surface area (Å²) in [5.41, 5.74) is 5.78. The van der Waals surface area contributed by atoms with Crippen LogP contribution in [-0.4, -0.2) is 11.8 Å². The van der Waals surface area contributed by atoms with Gasteiger partial charge >= 0.3 is 0 Å². The maximum absolute atomic E-state index is 11.4. The predicted octanol–water partition coefficient (Wildman–Crippen LogP) is 2.51. The third-order valence-corrected chi connectivity index (χ3v) is 2.54. The summed E-state index contributed by atoms with van der Waals surface area (Å²) in [6.07, 6.45) is 4.63. The number of Topliss-reactive ketones (excluding diaryl/α,β-unsaturated/α-hetero) is 1. The molecule has 2 atom stereocenters. The molecule has 2 heteroatoms. The second kappa shape index (κ2) is 7.07. The molecule has 0 aromatic rings. The van der Waals surface area contributed by atoms with Crippen LogP contribution >= 0.6 is 0 Å². The molecule has 78 valence electrons. The van der Waals surface area contributed by atoms with Crippen LogP contribution in [0.3, 0.4) is 0 Å². The Balaban J connectivity index is 3.60. The first-order valence-electron chi connectivity index (χ1n) is 5.40. The van der Waals surface area contributed by atoms with E-state index in [4.69, 9.17) is 5.73 Å². The topological polar surface area (TPSA) is 43.1 Å². The van der Waals surface area contributed by atoms with Crippen LogP contribution < -0.4 is 5.73 Å². The van der Waals surface area contributed by atoms with E-state index in [1.54, 1.807) is 0 Å². The molecule has 0 aromatic heterocycles. The SMILES string of the molecule is CCCC(=O)[C@H](C)CC[C@@H](N)CC. The zero-order valence-electron chi connectivity index (χ0n) is 9.18. The second-order valence-electron chi connectivity index (χ2n) is 3.86. The molecule has 0 radical (unpaired) electrons. The average Bonchev–Trinajstić information content (AvgIpc) is 2.13. The Morgan fingerprint density at radius 3 is 2.38 bits per heavy atom. The fraction of sp³-hybridized carbons (Fsp3) is 0.909. The van der Waals surface area contributed by atoms with Crippen molar-refractivity contribution in [2.24, 2.45) is 11.7 Å². The van der Waals surface area contributed by atoms with Crippen molar-refractivity contribution in [3.63, 3.8) is 0 Å². The molecule has 0 fully saturated rings. The number of hydrogen-bond acceptors (Lipinski definition) is 2. The highest BCUT2D eigenvalue weighted by molar-refractivity contribution is 5.80. The molecule has 0 aromatic carbocycles. The summed E-state index contributed by atoms with van der Waals surface area (Å²) < 4.78 is 0. The van der Waals surface area contributed by atoms with Gasteiger partial charge in [-0.3, -0.25) is 4.79 Å².